The Balaban J connectivity index is 1.67. The van der Waals surface area contributed by atoms with Crippen molar-refractivity contribution < 1.29 is 4.74 Å². The maximum atomic E-state index is 6.30. The van der Waals surface area contributed by atoms with Crippen molar-refractivity contribution in [1.29, 1.82) is 0 Å². The van der Waals surface area contributed by atoms with E-state index in [0.717, 1.165) is 55.1 Å². The van der Waals surface area contributed by atoms with Crippen molar-refractivity contribution in [2.45, 2.75) is 13.8 Å². The topological polar surface area (TPSA) is 37.4 Å². The number of rotatable bonds is 4. The Labute approximate surface area is 134 Å². The molecule has 1 saturated heterocycles. The average molecular weight is 326 g/mol. The largest absolute Gasteiger partial charge is 0.379 e. The van der Waals surface area contributed by atoms with Crippen LogP contribution in [0.2, 0.25) is 5.02 Å². The molecule has 1 aliphatic rings. The van der Waals surface area contributed by atoms with Crippen LogP contribution >= 0.6 is 22.9 Å². The summed E-state index contributed by atoms with van der Waals surface area (Å²) < 4.78 is 6.54. The lowest BCUT2D eigenvalue weighted by Gasteiger charge is -2.26. The van der Waals surface area contributed by atoms with Crippen LogP contribution in [0.1, 0.15) is 11.1 Å². The molecular weight excluding hydrogens is 306 g/mol. The van der Waals surface area contributed by atoms with Gasteiger partial charge in [0.1, 0.15) is 5.52 Å². The molecular formula is C15H20ClN3OS. The van der Waals surface area contributed by atoms with Gasteiger partial charge in [0.2, 0.25) is 0 Å². The van der Waals surface area contributed by atoms with Crippen LogP contribution in [0.4, 0.5) is 5.13 Å². The Kier molecular flexibility index (Phi) is 4.64. The van der Waals surface area contributed by atoms with Crippen molar-refractivity contribution in [1.82, 2.24) is 9.88 Å². The minimum absolute atomic E-state index is 0.741. The summed E-state index contributed by atoms with van der Waals surface area (Å²) in [5.74, 6) is 0. The van der Waals surface area contributed by atoms with Crippen molar-refractivity contribution in [2.24, 2.45) is 0 Å². The fourth-order valence-corrected chi connectivity index (χ4v) is 3.93. The number of hydrogen-bond donors (Lipinski definition) is 1. The molecule has 114 valence electrons. The second kappa shape index (κ2) is 6.48. The lowest BCUT2D eigenvalue weighted by atomic mass is 10.1. The van der Waals surface area contributed by atoms with Crippen LogP contribution < -0.4 is 5.32 Å². The fraction of sp³-hybridized carbons (Fsp3) is 0.533. The van der Waals surface area contributed by atoms with Gasteiger partial charge < -0.3 is 10.1 Å². The lowest BCUT2D eigenvalue weighted by molar-refractivity contribution is 0.0398. The number of anilines is 1. The number of aromatic nitrogens is 1. The zero-order valence-electron chi connectivity index (χ0n) is 12.4. The van der Waals surface area contributed by atoms with E-state index in [2.05, 4.69) is 29.0 Å². The number of thiazole rings is 1. The number of hydrogen-bond acceptors (Lipinski definition) is 5. The number of nitrogens with zero attached hydrogens (tertiary/aromatic N) is 2. The van der Waals surface area contributed by atoms with Gasteiger partial charge in [-0.3, -0.25) is 4.90 Å². The smallest absolute Gasteiger partial charge is 0.183 e. The highest BCUT2D eigenvalue weighted by Crippen LogP contribution is 2.35. The van der Waals surface area contributed by atoms with Gasteiger partial charge in [-0.1, -0.05) is 22.9 Å². The van der Waals surface area contributed by atoms with E-state index in [1.165, 1.54) is 15.8 Å². The number of ether oxygens (including phenoxy) is 1. The standard InChI is InChI=1S/C15H20ClN3OS/c1-10-9-12(16)13-14(11(10)2)21-15(18-13)17-3-4-19-5-7-20-8-6-19/h9H,3-8H2,1-2H3,(H,17,18). The van der Waals surface area contributed by atoms with Crippen molar-refractivity contribution in [3.63, 3.8) is 0 Å². The first-order valence-electron chi connectivity index (χ1n) is 7.25. The summed E-state index contributed by atoms with van der Waals surface area (Å²) >= 11 is 7.99. The molecule has 0 unspecified atom stereocenters. The van der Waals surface area contributed by atoms with E-state index in [-0.39, 0.29) is 0 Å². The summed E-state index contributed by atoms with van der Waals surface area (Å²) in [5, 5.41) is 5.12. The number of morpholine rings is 1. The predicted octanol–water partition coefficient (Wildman–Crippen LogP) is 3.31. The molecule has 0 radical (unpaired) electrons. The van der Waals surface area contributed by atoms with Gasteiger partial charge in [0.15, 0.2) is 5.13 Å². The second-order valence-electron chi connectivity index (χ2n) is 5.38. The van der Waals surface area contributed by atoms with E-state index >= 15 is 0 Å². The van der Waals surface area contributed by atoms with Gasteiger partial charge in [0.05, 0.1) is 22.9 Å². The summed E-state index contributed by atoms with van der Waals surface area (Å²) in [5.41, 5.74) is 3.41. The number of halogens is 1. The van der Waals surface area contributed by atoms with Crippen molar-refractivity contribution in [3.8, 4) is 0 Å². The highest BCUT2D eigenvalue weighted by molar-refractivity contribution is 7.22. The molecule has 0 spiro atoms. The minimum atomic E-state index is 0.741. The van der Waals surface area contributed by atoms with Gasteiger partial charge in [-0.25, -0.2) is 4.98 Å². The third-order valence-electron chi connectivity index (χ3n) is 3.94. The molecule has 0 aliphatic carbocycles. The molecule has 1 aromatic carbocycles. The Morgan fingerprint density at radius 1 is 1.38 bits per heavy atom. The van der Waals surface area contributed by atoms with Gasteiger partial charge in [0.25, 0.3) is 0 Å². The quantitative estimate of drug-likeness (QED) is 0.935. The molecule has 1 fully saturated rings. The van der Waals surface area contributed by atoms with E-state index in [0.29, 0.717) is 0 Å². The fourth-order valence-electron chi connectivity index (χ4n) is 2.50. The molecule has 6 heteroatoms. The number of aryl methyl sites for hydroxylation is 2. The van der Waals surface area contributed by atoms with Crippen molar-refractivity contribution in [3.05, 3.63) is 22.2 Å². The summed E-state index contributed by atoms with van der Waals surface area (Å²) in [6, 6.07) is 2.00. The van der Waals surface area contributed by atoms with Gasteiger partial charge in [-0.2, -0.15) is 0 Å². The Morgan fingerprint density at radius 3 is 2.90 bits per heavy atom. The molecule has 3 rings (SSSR count). The molecule has 0 amide bonds. The third-order valence-corrected chi connectivity index (χ3v) is 5.36. The molecule has 1 N–H and O–H groups in total. The van der Waals surface area contributed by atoms with Gasteiger partial charge in [0, 0.05) is 26.2 Å². The molecule has 0 bridgehead atoms. The maximum absolute atomic E-state index is 6.30. The Hall–Kier alpha value is -0.880. The van der Waals surface area contributed by atoms with Gasteiger partial charge in [-0.15, -0.1) is 0 Å². The molecule has 21 heavy (non-hydrogen) atoms. The van der Waals surface area contributed by atoms with Crippen molar-refractivity contribution in [2.75, 3.05) is 44.7 Å². The van der Waals surface area contributed by atoms with E-state index in [1.807, 2.05) is 6.07 Å². The van der Waals surface area contributed by atoms with Crippen LogP contribution in [0.5, 0.6) is 0 Å². The summed E-state index contributed by atoms with van der Waals surface area (Å²) in [6.07, 6.45) is 0. The molecule has 4 nitrogen and oxygen atoms in total. The monoisotopic (exact) mass is 325 g/mol. The second-order valence-corrected chi connectivity index (χ2v) is 6.78. The first kappa shape index (κ1) is 15.0. The third kappa shape index (κ3) is 3.31. The van der Waals surface area contributed by atoms with Crippen LogP contribution in [0.25, 0.3) is 10.2 Å². The van der Waals surface area contributed by atoms with Crippen LogP contribution in [-0.2, 0) is 4.74 Å². The SMILES string of the molecule is Cc1cc(Cl)c2nc(NCCN3CCOCC3)sc2c1C. The molecule has 0 saturated carbocycles. The first-order valence-corrected chi connectivity index (χ1v) is 8.45. The number of nitrogens with one attached hydrogen (secondary N) is 1. The number of fused-ring (bicyclic) bond motifs is 1. The Morgan fingerprint density at radius 2 is 2.14 bits per heavy atom. The highest BCUT2D eigenvalue weighted by Gasteiger charge is 2.13. The zero-order chi connectivity index (χ0) is 14.8. The maximum Gasteiger partial charge on any atom is 0.183 e. The summed E-state index contributed by atoms with van der Waals surface area (Å²) in [7, 11) is 0. The van der Waals surface area contributed by atoms with Crippen LogP contribution in [0, 0.1) is 13.8 Å². The Bertz CT molecular complexity index is 637. The molecule has 2 aromatic rings. The van der Waals surface area contributed by atoms with E-state index in [4.69, 9.17) is 16.3 Å². The first-order chi connectivity index (χ1) is 10.1. The minimum Gasteiger partial charge on any atom is -0.379 e. The van der Waals surface area contributed by atoms with E-state index < -0.39 is 0 Å². The molecule has 1 aromatic heterocycles. The zero-order valence-corrected chi connectivity index (χ0v) is 14.0. The molecule has 2 heterocycles. The summed E-state index contributed by atoms with van der Waals surface area (Å²) in [6.45, 7) is 9.86. The van der Waals surface area contributed by atoms with Gasteiger partial charge in [-0.05, 0) is 31.0 Å². The highest BCUT2D eigenvalue weighted by atomic mass is 35.5. The van der Waals surface area contributed by atoms with Crippen LogP contribution in [0.15, 0.2) is 6.07 Å². The molecule has 1 aliphatic heterocycles. The number of benzene rings is 1. The van der Waals surface area contributed by atoms with Crippen LogP contribution in [-0.4, -0.2) is 49.3 Å². The predicted molar refractivity (Wildman–Crippen MR) is 89.9 cm³/mol. The normalized spacial score (nSPS) is 16.5. The summed E-state index contributed by atoms with van der Waals surface area (Å²) in [4.78, 5) is 7.04. The van der Waals surface area contributed by atoms with E-state index in [1.54, 1.807) is 11.3 Å². The lowest BCUT2D eigenvalue weighted by Crippen LogP contribution is -2.38. The van der Waals surface area contributed by atoms with Crippen molar-refractivity contribution >= 4 is 38.3 Å². The average Bonchev–Trinajstić information content (AvgIpc) is 2.91. The van der Waals surface area contributed by atoms with E-state index in [9.17, 15) is 0 Å². The van der Waals surface area contributed by atoms with Gasteiger partial charge >= 0.3 is 0 Å². The molecule has 0 atom stereocenters. The van der Waals surface area contributed by atoms with Crippen LogP contribution in [0.3, 0.4) is 0 Å².